The van der Waals surface area contributed by atoms with Crippen molar-refractivity contribution in [2.45, 2.75) is 25.9 Å². The Kier molecular flexibility index (Phi) is 5.43. The predicted molar refractivity (Wildman–Crippen MR) is 86.9 cm³/mol. The first-order valence-electron chi connectivity index (χ1n) is 6.84. The van der Waals surface area contributed by atoms with Gasteiger partial charge in [-0.15, -0.1) is 11.3 Å². The molecular weight excluding hydrogens is 322 g/mol. The molecule has 1 N–H and O–H groups in total. The van der Waals surface area contributed by atoms with Crippen molar-refractivity contribution in [1.29, 1.82) is 0 Å². The first kappa shape index (κ1) is 15.4. The number of rotatable bonds is 5. The van der Waals surface area contributed by atoms with Crippen LogP contribution in [0, 0.1) is 0 Å². The van der Waals surface area contributed by atoms with E-state index in [0.29, 0.717) is 0 Å². The van der Waals surface area contributed by atoms with Crippen LogP contribution in [0.5, 0.6) is 0 Å². The van der Waals surface area contributed by atoms with Crippen molar-refractivity contribution < 1.29 is 0 Å². The number of likely N-dealkylation sites (N-methyl/N-ethyl adjacent to an activating group) is 1. The van der Waals surface area contributed by atoms with Crippen LogP contribution in [0.3, 0.4) is 0 Å². The summed E-state index contributed by atoms with van der Waals surface area (Å²) in [7, 11) is 2.22. The smallest absolute Gasteiger partial charge is 0.0701 e. The van der Waals surface area contributed by atoms with E-state index < -0.39 is 0 Å². The van der Waals surface area contributed by atoms with Gasteiger partial charge in [0.05, 0.1) is 3.79 Å². The SMILES string of the molecule is CN(Cc1csc(Br)c1)CC(C)(C)N1CCNCC1. The zero-order valence-corrected chi connectivity index (χ0v) is 14.5. The van der Waals surface area contributed by atoms with Crippen molar-refractivity contribution >= 4 is 27.3 Å². The number of halogens is 1. The van der Waals surface area contributed by atoms with Gasteiger partial charge in [0, 0.05) is 44.8 Å². The van der Waals surface area contributed by atoms with Gasteiger partial charge in [-0.2, -0.15) is 0 Å². The van der Waals surface area contributed by atoms with E-state index in [2.05, 4.69) is 63.4 Å². The van der Waals surface area contributed by atoms with Crippen LogP contribution in [0.2, 0.25) is 0 Å². The third-order valence-corrected chi connectivity index (χ3v) is 5.26. The molecule has 0 aliphatic carbocycles. The second kappa shape index (κ2) is 6.68. The van der Waals surface area contributed by atoms with Gasteiger partial charge in [0.1, 0.15) is 0 Å². The molecule has 1 aliphatic rings. The first-order chi connectivity index (χ1) is 8.97. The lowest BCUT2D eigenvalue weighted by Gasteiger charge is -2.43. The summed E-state index contributed by atoms with van der Waals surface area (Å²) in [6, 6.07) is 2.22. The van der Waals surface area contributed by atoms with Crippen LogP contribution >= 0.6 is 27.3 Å². The highest BCUT2D eigenvalue weighted by Gasteiger charge is 2.28. The Morgan fingerprint density at radius 2 is 2.11 bits per heavy atom. The summed E-state index contributed by atoms with van der Waals surface area (Å²) < 4.78 is 1.22. The van der Waals surface area contributed by atoms with Gasteiger partial charge in [0.2, 0.25) is 0 Å². The Morgan fingerprint density at radius 3 is 2.68 bits per heavy atom. The fourth-order valence-electron chi connectivity index (χ4n) is 2.83. The summed E-state index contributed by atoms with van der Waals surface area (Å²) >= 11 is 5.29. The van der Waals surface area contributed by atoms with Gasteiger partial charge in [-0.1, -0.05) is 0 Å². The Bertz CT molecular complexity index is 399. The number of thiophene rings is 1. The highest BCUT2D eigenvalue weighted by Crippen LogP contribution is 2.23. The van der Waals surface area contributed by atoms with E-state index >= 15 is 0 Å². The maximum absolute atomic E-state index is 3.53. The molecule has 3 nitrogen and oxygen atoms in total. The third kappa shape index (κ3) is 4.53. The standard InChI is InChI=1S/C14H24BrN3S/c1-14(2,18-6-4-16-5-7-18)11-17(3)9-12-8-13(15)19-10-12/h8,10,16H,4-7,9,11H2,1-3H3. The quantitative estimate of drug-likeness (QED) is 0.884. The maximum Gasteiger partial charge on any atom is 0.0701 e. The fourth-order valence-corrected chi connectivity index (χ4v) is 4.03. The second-order valence-corrected chi connectivity index (χ2v) is 8.27. The van der Waals surface area contributed by atoms with E-state index in [1.165, 1.54) is 9.35 Å². The average Bonchev–Trinajstić information content (AvgIpc) is 2.75. The number of nitrogens with one attached hydrogen (secondary N) is 1. The highest BCUT2D eigenvalue weighted by atomic mass is 79.9. The van der Waals surface area contributed by atoms with Gasteiger partial charge >= 0.3 is 0 Å². The van der Waals surface area contributed by atoms with Crippen molar-refractivity contribution in [1.82, 2.24) is 15.1 Å². The van der Waals surface area contributed by atoms with Crippen LogP contribution in [0.25, 0.3) is 0 Å². The predicted octanol–water partition coefficient (Wildman–Crippen LogP) is 2.63. The lowest BCUT2D eigenvalue weighted by atomic mass is 10.0. The lowest BCUT2D eigenvalue weighted by molar-refractivity contribution is 0.0694. The molecule has 0 unspecified atom stereocenters. The Balaban J connectivity index is 1.87. The van der Waals surface area contributed by atoms with E-state index in [4.69, 9.17) is 0 Å². The van der Waals surface area contributed by atoms with E-state index in [9.17, 15) is 0 Å². The van der Waals surface area contributed by atoms with Crippen molar-refractivity contribution in [3.63, 3.8) is 0 Å². The molecule has 1 saturated heterocycles. The Morgan fingerprint density at radius 1 is 1.42 bits per heavy atom. The molecular formula is C14H24BrN3S. The topological polar surface area (TPSA) is 18.5 Å². The van der Waals surface area contributed by atoms with Gasteiger partial charge in [0.15, 0.2) is 0 Å². The molecule has 0 radical (unpaired) electrons. The molecule has 0 saturated carbocycles. The lowest BCUT2D eigenvalue weighted by Crippen LogP contribution is -2.57. The van der Waals surface area contributed by atoms with Gasteiger partial charge < -0.3 is 10.2 Å². The minimum absolute atomic E-state index is 0.240. The van der Waals surface area contributed by atoms with Crippen molar-refractivity contribution in [2.75, 3.05) is 39.8 Å². The number of piperazine rings is 1. The molecule has 2 rings (SSSR count). The van der Waals surface area contributed by atoms with Gasteiger partial charge in [-0.25, -0.2) is 0 Å². The Labute approximate surface area is 129 Å². The normalized spacial score (nSPS) is 18.2. The van der Waals surface area contributed by atoms with E-state index in [-0.39, 0.29) is 5.54 Å². The maximum atomic E-state index is 3.53. The second-order valence-electron chi connectivity index (χ2n) is 5.98. The molecule has 0 bridgehead atoms. The molecule has 0 atom stereocenters. The van der Waals surface area contributed by atoms with Crippen molar-refractivity contribution in [3.8, 4) is 0 Å². The number of hydrogen-bond acceptors (Lipinski definition) is 4. The molecule has 5 heteroatoms. The molecule has 1 aliphatic heterocycles. The van der Waals surface area contributed by atoms with Crippen LogP contribution in [0.1, 0.15) is 19.4 Å². The molecule has 1 aromatic rings. The average molecular weight is 346 g/mol. The minimum Gasteiger partial charge on any atom is -0.314 e. The van der Waals surface area contributed by atoms with E-state index in [1.807, 2.05) is 0 Å². The molecule has 0 spiro atoms. The molecule has 1 aromatic heterocycles. The van der Waals surface area contributed by atoms with Crippen LogP contribution in [-0.2, 0) is 6.54 Å². The largest absolute Gasteiger partial charge is 0.314 e. The minimum atomic E-state index is 0.240. The van der Waals surface area contributed by atoms with Gasteiger partial charge in [0.25, 0.3) is 0 Å². The summed E-state index contributed by atoms with van der Waals surface area (Å²) in [5.74, 6) is 0. The zero-order valence-electron chi connectivity index (χ0n) is 12.1. The van der Waals surface area contributed by atoms with E-state index in [1.54, 1.807) is 11.3 Å². The van der Waals surface area contributed by atoms with Crippen LogP contribution < -0.4 is 5.32 Å². The third-order valence-electron chi connectivity index (χ3n) is 3.70. The van der Waals surface area contributed by atoms with Gasteiger partial charge in [-0.05, 0) is 53.8 Å². The summed E-state index contributed by atoms with van der Waals surface area (Å²) in [5, 5.41) is 5.66. The molecule has 0 amide bonds. The highest BCUT2D eigenvalue weighted by molar-refractivity contribution is 9.11. The fraction of sp³-hybridized carbons (Fsp3) is 0.714. The summed E-state index contributed by atoms with van der Waals surface area (Å²) in [4.78, 5) is 5.03. The summed E-state index contributed by atoms with van der Waals surface area (Å²) in [6.45, 7) is 11.4. The number of nitrogens with zero attached hydrogens (tertiary/aromatic N) is 2. The molecule has 2 heterocycles. The van der Waals surface area contributed by atoms with Crippen molar-refractivity contribution in [3.05, 3.63) is 20.8 Å². The molecule has 0 aromatic carbocycles. The van der Waals surface area contributed by atoms with E-state index in [0.717, 1.165) is 39.3 Å². The van der Waals surface area contributed by atoms with Crippen molar-refractivity contribution in [2.24, 2.45) is 0 Å². The van der Waals surface area contributed by atoms with Crippen LogP contribution in [0.4, 0.5) is 0 Å². The zero-order chi connectivity index (χ0) is 13.9. The molecule has 19 heavy (non-hydrogen) atoms. The first-order valence-corrected chi connectivity index (χ1v) is 8.52. The summed E-state index contributed by atoms with van der Waals surface area (Å²) in [6.07, 6.45) is 0. The molecule has 1 fully saturated rings. The molecule has 108 valence electrons. The Hall–Kier alpha value is 0.0600. The van der Waals surface area contributed by atoms with Crippen LogP contribution in [-0.4, -0.2) is 55.1 Å². The van der Waals surface area contributed by atoms with Crippen LogP contribution in [0.15, 0.2) is 15.2 Å². The summed E-state index contributed by atoms with van der Waals surface area (Å²) in [5.41, 5.74) is 1.64. The van der Waals surface area contributed by atoms with Gasteiger partial charge in [-0.3, -0.25) is 4.90 Å². The monoisotopic (exact) mass is 345 g/mol. The number of hydrogen-bond donors (Lipinski definition) is 1.